The van der Waals surface area contributed by atoms with Crippen molar-refractivity contribution in [3.8, 4) is 0 Å². The topological polar surface area (TPSA) is 61.4 Å². The van der Waals surface area contributed by atoms with Crippen molar-refractivity contribution >= 4 is 11.6 Å². The number of anilines is 1. The molecule has 92 valence electrons. The van der Waals surface area contributed by atoms with Gasteiger partial charge in [0.25, 0.3) is 5.91 Å². The lowest BCUT2D eigenvalue weighted by molar-refractivity contribution is -0.135. The summed E-state index contributed by atoms with van der Waals surface area (Å²) in [7, 11) is 0. The van der Waals surface area contributed by atoms with Crippen molar-refractivity contribution in [3.63, 3.8) is 0 Å². The molecule has 17 heavy (non-hydrogen) atoms. The average Bonchev–Trinajstić information content (AvgIpc) is 2.33. The first-order valence-corrected chi connectivity index (χ1v) is 5.92. The number of carbonyl (C=O) groups is 1. The minimum absolute atomic E-state index is 0.320. The summed E-state index contributed by atoms with van der Waals surface area (Å²) in [6.07, 6.45) is 1.33. The Bertz CT molecular complexity index is 412. The molecule has 0 saturated carbocycles. The lowest BCUT2D eigenvalue weighted by atomic mass is 9.93. The lowest BCUT2D eigenvalue weighted by Crippen LogP contribution is -2.53. The maximum Gasteiger partial charge on any atom is 0.257 e. The van der Waals surface area contributed by atoms with E-state index in [-0.39, 0.29) is 5.91 Å². The Morgan fingerprint density at radius 3 is 2.88 bits per heavy atom. The van der Waals surface area contributed by atoms with Gasteiger partial charge in [0.05, 0.1) is 0 Å². The van der Waals surface area contributed by atoms with Crippen molar-refractivity contribution in [2.75, 3.05) is 18.4 Å². The minimum atomic E-state index is -1.28. The van der Waals surface area contributed by atoms with E-state index < -0.39 is 5.60 Å². The van der Waals surface area contributed by atoms with Crippen molar-refractivity contribution in [1.29, 1.82) is 0 Å². The molecule has 1 unspecified atom stereocenters. The molecule has 1 aromatic rings. The molecule has 0 aliphatic carbocycles. The third-order valence-electron chi connectivity index (χ3n) is 3.18. The number of nitrogens with one attached hydrogen (secondary N) is 2. The van der Waals surface area contributed by atoms with Crippen LogP contribution in [0.15, 0.2) is 24.3 Å². The third kappa shape index (κ3) is 2.65. The maximum absolute atomic E-state index is 12.0. The molecule has 4 heteroatoms. The summed E-state index contributed by atoms with van der Waals surface area (Å²) in [5.41, 5.74) is 0.477. The van der Waals surface area contributed by atoms with Gasteiger partial charge in [0.15, 0.2) is 5.60 Å². The number of β-amino-alcohol motifs (C(OH)–C–C–N with tert-alkyl or cyclic N) is 1. The number of para-hydroxylation sites is 1. The summed E-state index contributed by atoms with van der Waals surface area (Å²) in [5, 5.41) is 16.1. The Morgan fingerprint density at radius 2 is 2.24 bits per heavy atom. The predicted molar refractivity (Wildman–Crippen MR) is 66.9 cm³/mol. The molecule has 1 saturated heterocycles. The van der Waals surface area contributed by atoms with Crippen LogP contribution >= 0.6 is 0 Å². The molecular weight excluding hydrogens is 216 g/mol. The molecule has 1 fully saturated rings. The lowest BCUT2D eigenvalue weighted by Gasteiger charge is -2.31. The second-order valence-corrected chi connectivity index (χ2v) is 4.58. The molecule has 0 aromatic heterocycles. The zero-order valence-electron chi connectivity index (χ0n) is 9.99. The number of piperidine rings is 1. The van der Waals surface area contributed by atoms with Gasteiger partial charge in [-0.15, -0.1) is 0 Å². The van der Waals surface area contributed by atoms with Gasteiger partial charge < -0.3 is 15.7 Å². The monoisotopic (exact) mass is 234 g/mol. The zero-order valence-corrected chi connectivity index (χ0v) is 9.99. The first-order valence-electron chi connectivity index (χ1n) is 5.92. The highest BCUT2D eigenvalue weighted by molar-refractivity contribution is 5.97. The Balaban J connectivity index is 2.08. The molecule has 0 radical (unpaired) electrons. The molecule has 1 aromatic carbocycles. The number of amides is 1. The summed E-state index contributed by atoms with van der Waals surface area (Å²) in [5.74, 6) is -0.320. The first-order chi connectivity index (χ1) is 8.12. The summed E-state index contributed by atoms with van der Waals surface area (Å²) in [6, 6.07) is 7.55. The Hall–Kier alpha value is -1.39. The highest BCUT2D eigenvalue weighted by Gasteiger charge is 2.37. The number of aliphatic hydroxyl groups is 1. The van der Waals surface area contributed by atoms with Crippen LogP contribution in [0.3, 0.4) is 0 Å². The SMILES string of the molecule is Cc1ccccc1NC(=O)C1(O)CCCNC1. The molecule has 1 amide bonds. The fraction of sp³-hybridized carbons (Fsp3) is 0.462. The van der Waals surface area contributed by atoms with Crippen molar-refractivity contribution in [3.05, 3.63) is 29.8 Å². The van der Waals surface area contributed by atoms with Gasteiger partial charge in [-0.3, -0.25) is 4.79 Å². The number of aryl methyl sites for hydroxylation is 1. The number of hydrogen-bond acceptors (Lipinski definition) is 3. The number of rotatable bonds is 2. The van der Waals surface area contributed by atoms with Gasteiger partial charge in [-0.05, 0) is 37.9 Å². The van der Waals surface area contributed by atoms with Crippen LogP contribution in [0.2, 0.25) is 0 Å². The van der Waals surface area contributed by atoms with E-state index in [4.69, 9.17) is 0 Å². The summed E-state index contributed by atoms with van der Waals surface area (Å²) in [6.45, 7) is 3.11. The minimum Gasteiger partial charge on any atom is -0.379 e. The van der Waals surface area contributed by atoms with Gasteiger partial charge in [-0.1, -0.05) is 18.2 Å². The van der Waals surface area contributed by atoms with Crippen LogP contribution in [-0.2, 0) is 4.79 Å². The Labute approximate surface area is 101 Å². The highest BCUT2D eigenvalue weighted by Crippen LogP contribution is 2.20. The van der Waals surface area contributed by atoms with E-state index in [1.165, 1.54) is 0 Å². The second kappa shape index (κ2) is 4.85. The van der Waals surface area contributed by atoms with E-state index in [1.807, 2.05) is 31.2 Å². The van der Waals surface area contributed by atoms with Gasteiger partial charge >= 0.3 is 0 Å². The van der Waals surface area contributed by atoms with Crippen molar-refractivity contribution in [2.24, 2.45) is 0 Å². The van der Waals surface area contributed by atoms with E-state index >= 15 is 0 Å². The van der Waals surface area contributed by atoms with Crippen LogP contribution in [0.1, 0.15) is 18.4 Å². The zero-order chi connectivity index (χ0) is 12.3. The largest absolute Gasteiger partial charge is 0.379 e. The molecule has 1 aliphatic rings. The maximum atomic E-state index is 12.0. The molecule has 2 rings (SSSR count). The normalized spacial score (nSPS) is 24.4. The number of carbonyl (C=O) groups excluding carboxylic acids is 1. The fourth-order valence-electron chi connectivity index (χ4n) is 2.04. The van der Waals surface area contributed by atoms with Crippen LogP contribution in [0.4, 0.5) is 5.69 Å². The van der Waals surface area contributed by atoms with Gasteiger partial charge in [0, 0.05) is 12.2 Å². The van der Waals surface area contributed by atoms with Crippen molar-refractivity contribution < 1.29 is 9.90 Å². The fourth-order valence-corrected chi connectivity index (χ4v) is 2.04. The van der Waals surface area contributed by atoms with E-state index in [9.17, 15) is 9.90 Å². The molecule has 3 N–H and O–H groups in total. The van der Waals surface area contributed by atoms with Crippen LogP contribution in [0.25, 0.3) is 0 Å². The molecule has 1 aliphatic heterocycles. The quantitative estimate of drug-likeness (QED) is 0.716. The van der Waals surface area contributed by atoms with Crippen molar-refractivity contribution in [2.45, 2.75) is 25.4 Å². The van der Waals surface area contributed by atoms with Gasteiger partial charge in [-0.25, -0.2) is 0 Å². The van der Waals surface area contributed by atoms with Crippen LogP contribution in [-0.4, -0.2) is 29.7 Å². The van der Waals surface area contributed by atoms with Crippen LogP contribution < -0.4 is 10.6 Å². The van der Waals surface area contributed by atoms with E-state index in [0.717, 1.165) is 24.2 Å². The van der Waals surface area contributed by atoms with Gasteiger partial charge in [-0.2, -0.15) is 0 Å². The number of benzene rings is 1. The predicted octanol–water partition coefficient (Wildman–Crippen LogP) is 1.05. The van der Waals surface area contributed by atoms with Gasteiger partial charge in [0.2, 0.25) is 0 Å². The summed E-state index contributed by atoms with van der Waals surface area (Å²) >= 11 is 0. The van der Waals surface area contributed by atoms with Crippen molar-refractivity contribution in [1.82, 2.24) is 5.32 Å². The molecule has 1 atom stereocenters. The van der Waals surface area contributed by atoms with E-state index in [2.05, 4.69) is 10.6 Å². The molecule has 4 nitrogen and oxygen atoms in total. The van der Waals surface area contributed by atoms with E-state index in [1.54, 1.807) is 0 Å². The Morgan fingerprint density at radius 1 is 1.47 bits per heavy atom. The Kier molecular flexibility index (Phi) is 3.45. The highest BCUT2D eigenvalue weighted by atomic mass is 16.3. The summed E-state index contributed by atoms with van der Waals surface area (Å²) in [4.78, 5) is 12.0. The summed E-state index contributed by atoms with van der Waals surface area (Å²) < 4.78 is 0. The smallest absolute Gasteiger partial charge is 0.257 e. The molecule has 1 heterocycles. The third-order valence-corrected chi connectivity index (χ3v) is 3.18. The standard InChI is InChI=1S/C13H18N2O2/c1-10-5-2-3-6-11(10)15-12(16)13(17)7-4-8-14-9-13/h2-3,5-6,14,17H,4,7-9H2,1H3,(H,15,16). The average molecular weight is 234 g/mol. The first kappa shape index (κ1) is 12.1. The number of hydrogen-bond donors (Lipinski definition) is 3. The molecule has 0 bridgehead atoms. The van der Waals surface area contributed by atoms with Crippen LogP contribution in [0.5, 0.6) is 0 Å². The second-order valence-electron chi connectivity index (χ2n) is 4.58. The molecule has 0 spiro atoms. The van der Waals surface area contributed by atoms with Crippen LogP contribution in [0, 0.1) is 6.92 Å². The molecular formula is C13H18N2O2. The van der Waals surface area contributed by atoms with E-state index in [0.29, 0.717) is 13.0 Å². The van der Waals surface area contributed by atoms with Gasteiger partial charge in [0.1, 0.15) is 0 Å².